The first-order valence-corrected chi connectivity index (χ1v) is 5.21. The van der Waals surface area contributed by atoms with Gasteiger partial charge >= 0.3 is 0 Å². The molecule has 1 amide bonds. The van der Waals surface area contributed by atoms with Gasteiger partial charge in [0.2, 0.25) is 12.5 Å². The van der Waals surface area contributed by atoms with E-state index in [1.54, 1.807) is 11.0 Å². The van der Waals surface area contributed by atoms with Crippen molar-refractivity contribution in [2.75, 3.05) is 18.0 Å². The Kier molecular flexibility index (Phi) is 4.87. The van der Waals surface area contributed by atoms with E-state index in [1.165, 1.54) is 13.0 Å². The van der Waals surface area contributed by atoms with Gasteiger partial charge in [-0.1, -0.05) is 24.3 Å². The van der Waals surface area contributed by atoms with Crippen LogP contribution in [0.25, 0.3) is 0 Å². The average molecular weight is 234 g/mol. The van der Waals surface area contributed by atoms with Crippen LogP contribution in [0.2, 0.25) is 0 Å². The van der Waals surface area contributed by atoms with Crippen molar-refractivity contribution in [3.05, 3.63) is 52.6 Å². The molecule has 0 aliphatic heterocycles. The minimum Gasteiger partial charge on any atom is -0.309 e. The third-order valence-electron chi connectivity index (χ3n) is 2.16. The first kappa shape index (κ1) is 12.9. The van der Waals surface area contributed by atoms with E-state index in [9.17, 15) is 14.9 Å². The van der Waals surface area contributed by atoms with Gasteiger partial charge in [-0.2, -0.15) is 0 Å². The number of carbonyl (C=O) groups excluding carboxylic acids is 1. The Hall–Kier alpha value is -2.17. The van der Waals surface area contributed by atoms with E-state index in [2.05, 4.69) is 0 Å². The molecule has 17 heavy (non-hydrogen) atoms. The first-order valence-electron chi connectivity index (χ1n) is 5.21. The largest absolute Gasteiger partial charge is 0.309 e. The number of anilines is 1. The number of hydrogen-bond acceptors (Lipinski definition) is 3. The van der Waals surface area contributed by atoms with Gasteiger partial charge in [-0.05, 0) is 18.2 Å². The number of amides is 1. The van der Waals surface area contributed by atoms with E-state index in [0.717, 1.165) is 5.69 Å². The molecule has 0 bridgehead atoms. The first-order chi connectivity index (χ1) is 8.11. The third-order valence-corrected chi connectivity index (χ3v) is 2.16. The molecule has 0 heterocycles. The molecular weight excluding hydrogens is 220 g/mol. The monoisotopic (exact) mass is 234 g/mol. The van der Waals surface area contributed by atoms with Crippen molar-refractivity contribution in [1.29, 1.82) is 0 Å². The number of nitrogens with zero attached hydrogens (tertiary/aromatic N) is 2. The second-order valence-corrected chi connectivity index (χ2v) is 3.45. The van der Waals surface area contributed by atoms with Crippen molar-refractivity contribution in [3.63, 3.8) is 0 Å². The van der Waals surface area contributed by atoms with Crippen LogP contribution in [0.5, 0.6) is 0 Å². The topological polar surface area (TPSA) is 63.5 Å². The number of nitro groups is 1. The number of hydrogen-bond donors (Lipinski definition) is 0. The van der Waals surface area contributed by atoms with Gasteiger partial charge in [0.1, 0.15) is 0 Å². The van der Waals surface area contributed by atoms with E-state index in [4.69, 9.17) is 0 Å². The molecule has 0 N–H and O–H groups in total. The number of rotatable bonds is 5. The second kappa shape index (κ2) is 6.42. The molecule has 1 rings (SSSR count). The lowest BCUT2D eigenvalue weighted by atomic mass is 10.3. The second-order valence-electron chi connectivity index (χ2n) is 3.45. The fourth-order valence-corrected chi connectivity index (χ4v) is 1.36. The molecular formula is C12H14N2O3. The van der Waals surface area contributed by atoms with E-state index in [0.29, 0.717) is 6.54 Å². The smallest absolute Gasteiger partial charge is 0.224 e. The van der Waals surface area contributed by atoms with Crippen molar-refractivity contribution >= 4 is 11.6 Å². The highest BCUT2D eigenvalue weighted by Gasteiger charge is 2.08. The fraction of sp³-hybridized carbons (Fsp3) is 0.250. The van der Waals surface area contributed by atoms with Crippen molar-refractivity contribution < 1.29 is 9.72 Å². The van der Waals surface area contributed by atoms with Crippen LogP contribution in [-0.4, -0.2) is 23.9 Å². The van der Waals surface area contributed by atoms with Gasteiger partial charge in [-0.25, -0.2) is 0 Å². The lowest BCUT2D eigenvalue weighted by Crippen LogP contribution is -2.28. The van der Waals surface area contributed by atoms with Gasteiger partial charge in [0.25, 0.3) is 0 Å². The van der Waals surface area contributed by atoms with Gasteiger partial charge in [0.15, 0.2) is 0 Å². The zero-order valence-electron chi connectivity index (χ0n) is 9.57. The van der Waals surface area contributed by atoms with E-state index in [1.807, 2.05) is 30.3 Å². The summed E-state index contributed by atoms with van der Waals surface area (Å²) in [6.45, 7) is 1.59. The normalized spacial score (nSPS) is 10.4. The summed E-state index contributed by atoms with van der Waals surface area (Å²) in [5.74, 6) is -0.0954. The van der Waals surface area contributed by atoms with Crippen LogP contribution in [0.15, 0.2) is 42.5 Å². The summed E-state index contributed by atoms with van der Waals surface area (Å²) in [5.41, 5.74) is 0.783. The van der Waals surface area contributed by atoms with Crippen LogP contribution in [-0.2, 0) is 4.79 Å². The zero-order valence-corrected chi connectivity index (χ0v) is 9.57. The van der Waals surface area contributed by atoms with Crippen molar-refractivity contribution in [2.24, 2.45) is 0 Å². The molecule has 5 heteroatoms. The van der Waals surface area contributed by atoms with Crippen LogP contribution in [0.1, 0.15) is 6.92 Å². The summed E-state index contributed by atoms with van der Waals surface area (Å²) in [5, 5.41) is 10.1. The maximum Gasteiger partial charge on any atom is 0.224 e. The van der Waals surface area contributed by atoms with Crippen LogP contribution >= 0.6 is 0 Å². The van der Waals surface area contributed by atoms with Gasteiger partial charge in [0.05, 0.1) is 0 Å². The highest BCUT2D eigenvalue weighted by atomic mass is 16.6. The number of carbonyl (C=O) groups is 1. The molecule has 0 saturated carbocycles. The molecule has 0 fully saturated rings. The van der Waals surface area contributed by atoms with Crippen LogP contribution in [0.4, 0.5) is 5.69 Å². The highest BCUT2D eigenvalue weighted by molar-refractivity contribution is 5.91. The van der Waals surface area contributed by atoms with Crippen molar-refractivity contribution in [3.8, 4) is 0 Å². The molecule has 0 unspecified atom stereocenters. The average Bonchev–Trinajstić information content (AvgIpc) is 2.29. The summed E-state index contributed by atoms with van der Waals surface area (Å²) >= 11 is 0. The third kappa shape index (κ3) is 4.46. The van der Waals surface area contributed by atoms with Crippen LogP contribution in [0, 0.1) is 10.1 Å². The Bertz CT molecular complexity index is 415. The Morgan fingerprint density at radius 2 is 2.00 bits per heavy atom. The Morgan fingerprint density at radius 3 is 2.53 bits per heavy atom. The van der Waals surface area contributed by atoms with Crippen molar-refractivity contribution in [2.45, 2.75) is 6.92 Å². The number of para-hydroxylation sites is 1. The minimum absolute atomic E-state index is 0.0954. The molecule has 1 aromatic rings. The summed E-state index contributed by atoms with van der Waals surface area (Å²) in [6, 6.07) is 9.19. The molecule has 0 aliphatic carbocycles. The molecule has 0 radical (unpaired) electrons. The number of benzene rings is 1. The predicted molar refractivity (Wildman–Crippen MR) is 65.5 cm³/mol. The SMILES string of the molecule is CC(=O)N(C/C=C/C[N+](=O)[O-])c1ccccc1. The molecule has 0 aliphatic rings. The highest BCUT2D eigenvalue weighted by Crippen LogP contribution is 2.12. The molecule has 0 atom stereocenters. The Labute approximate surface area is 99.5 Å². The lowest BCUT2D eigenvalue weighted by Gasteiger charge is -2.18. The standard InChI is InChI=1S/C12H14N2O3/c1-11(15)13(9-5-6-10-14(16)17)12-7-3-2-4-8-12/h2-8H,9-10H2,1H3/b6-5+. The van der Waals surface area contributed by atoms with Crippen LogP contribution < -0.4 is 4.90 Å². The Morgan fingerprint density at radius 1 is 1.35 bits per heavy atom. The van der Waals surface area contributed by atoms with E-state index in [-0.39, 0.29) is 12.5 Å². The van der Waals surface area contributed by atoms with Crippen molar-refractivity contribution in [1.82, 2.24) is 0 Å². The molecule has 0 spiro atoms. The molecule has 0 aromatic heterocycles. The molecule has 90 valence electrons. The van der Waals surface area contributed by atoms with Gasteiger partial charge in [0, 0.05) is 24.1 Å². The lowest BCUT2D eigenvalue weighted by molar-refractivity contribution is -0.468. The maximum absolute atomic E-state index is 11.4. The van der Waals surface area contributed by atoms with Crippen LogP contribution in [0.3, 0.4) is 0 Å². The maximum atomic E-state index is 11.4. The van der Waals surface area contributed by atoms with Gasteiger partial charge in [-0.3, -0.25) is 14.9 Å². The minimum atomic E-state index is -0.420. The quantitative estimate of drug-likeness (QED) is 0.444. The Balaban J connectivity index is 2.65. The molecule has 1 aromatic carbocycles. The predicted octanol–water partition coefficient (Wildman–Crippen LogP) is 1.87. The van der Waals surface area contributed by atoms with Gasteiger partial charge < -0.3 is 4.90 Å². The zero-order chi connectivity index (χ0) is 12.7. The summed E-state index contributed by atoms with van der Waals surface area (Å²) in [4.78, 5) is 22.7. The van der Waals surface area contributed by atoms with E-state index < -0.39 is 4.92 Å². The van der Waals surface area contributed by atoms with E-state index >= 15 is 0 Å². The summed E-state index contributed by atoms with van der Waals surface area (Å²) in [7, 11) is 0. The molecule has 0 saturated heterocycles. The fourth-order valence-electron chi connectivity index (χ4n) is 1.36. The van der Waals surface area contributed by atoms with Gasteiger partial charge in [-0.15, -0.1) is 0 Å². The summed E-state index contributed by atoms with van der Waals surface area (Å²) < 4.78 is 0. The summed E-state index contributed by atoms with van der Waals surface area (Å²) in [6.07, 6.45) is 3.07. The molecule has 5 nitrogen and oxygen atoms in total.